The van der Waals surface area contributed by atoms with Gasteiger partial charge in [-0.2, -0.15) is 0 Å². The summed E-state index contributed by atoms with van der Waals surface area (Å²) in [7, 11) is -0.369. The van der Waals surface area contributed by atoms with Crippen LogP contribution in [0.15, 0.2) is 36.0 Å². The number of hydrogen-bond acceptors (Lipinski definition) is 3. The Bertz CT molecular complexity index is 683. The number of methoxy groups -OCH3 is 1. The molecule has 30 heavy (non-hydrogen) atoms. The van der Waals surface area contributed by atoms with Crippen molar-refractivity contribution in [1.29, 1.82) is 0 Å². The Morgan fingerprint density at radius 3 is 2.63 bits per heavy atom. The lowest BCUT2D eigenvalue weighted by molar-refractivity contribution is -0.134. The molecule has 0 aromatic heterocycles. The molecule has 170 valence electrons. The Hall–Kier alpha value is -1.13. The standard InChI is InChI=1S/C26H44O3Si/c1-20(14-10-9-11-18-24(27)28-6)21-15-12-16-22-23(17-13-19-26(21,22)5)29-30(7,8)25(2,3)4/h9-11,15,18,20,22-23H,12-14,16-17,19H2,1-8H3/b10-9+,18-11+/t20-,22+,23+,26+/m1/s1. The first-order chi connectivity index (χ1) is 13.9. The number of esters is 1. The van der Waals surface area contributed by atoms with E-state index < -0.39 is 8.32 Å². The molecule has 2 rings (SSSR count). The zero-order valence-corrected chi connectivity index (χ0v) is 21.6. The van der Waals surface area contributed by atoms with E-state index in [9.17, 15) is 4.79 Å². The summed E-state index contributed by atoms with van der Waals surface area (Å²) in [6.07, 6.45) is 17.4. The molecule has 2 aliphatic rings. The van der Waals surface area contributed by atoms with Crippen LogP contribution in [0.5, 0.6) is 0 Å². The molecule has 0 saturated heterocycles. The SMILES string of the molecule is COC(=O)/C=C/C=C/C[C@@H](C)C1=CCC[C@H]2[C@@H](O[Si](C)(C)C(C)(C)C)CCC[C@@]12C. The second-order valence-electron chi connectivity index (χ2n) is 11.0. The van der Waals surface area contributed by atoms with Gasteiger partial charge in [0.15, 0.2) is 8.32 Å². The van der Waals surface area contributed by atoms with Gasteiger partial charge in [0.25, 0.3) is 0 Å². The highest BCUT2D eigenvalue weighted by molar-refractivity contribution is 6.74. The molecule has 0 aliphatic heterocycles. The summed E-state index contributed by atoms with van der Waals surface area (Å²) >= 11 is 0. The Labute approximate surface area is 186 Å². The molecule has 2 aliphatic carbocycles. The van der Waals surface area contributed by atoms with Crippen molar-refractivity contribution in [2.45, 2.75) is 97.4 Å². The van der Waals surface area contributed by atoms with Gasteiger partial charge in [0.05, 0.1) is 7.11 Å². The molecule has 0 aromatic rings. The highest BCUT2D eigenvalue weighted by Crippen LogP contribution is 2.55. The molecular formula is C26H44O3Si. The third-order valence-electron chi connectivity index (χ3n) is 7.91. The summed E-state index contributed by atoms with van der Waals surface area (Å²) in [4.78, 5) is 11.2. The second-order valence-corrected chi connectivity index (χ2v) is 15.8. The fourth-order valence-corrected chi connectivity index (χ4v) is 6.53. The van der Waals surface area contributed by atoms with Gasteiger partial charge >= 0.3 is 5.97 Å². The van der Waals surface area contributed by atoms with Crippen LogP contribution in [0.3, 0.4) is 0 Å². The van der Waals surface area contributed by atoms with E-state index in [0.29, 0.717) is 17.9 Å². The zero-order valence-electron chi connectivity index (χ0n) is 20.6. The molecule has 0 radical (unpaired) electrons. The molecular weight excluding hydrogens is 388 g/mol. The molecule has 0 spiro atoms. The molecule has 1 saturated carbocycles. The smallest absolute Gasteiger partial charge is 0.330 e. The van der Waals surface area contributed by atoms with Crippen molar-refractivity contribution in [1.82, 2.24) is 0 Å². The summed E-state index contributed by atoms with van der Waals surface area (Å²) in [5, 5.41) is 0.254. The molecule has 3 nitrogen and oxygen atoms in total. The minimum atomic E-state index is -1.77. The van der Waals surface area contributed by atoms with E-state index in [1.807, 2.05) is 6.08 Å². The number of rotatable bonds is 7. The zero-order chi connectivity index (χ0) is 22.6. The molecule has 1 fully saturated rings. The number of fused-ring (bicyclic) bond motifs is 1. The van der Waals surface area contributed by atoms with E-state index in [-0.39, 0.29) is 16.4 Å². The molecule has 0 N–H and O–H groups in total. The van der Waals surface area contributed by atoms with E-state index in [2.05, 4.69) is 64.6 Å². The lowest BCUT2D eigenvalue weighted by Gasteiger charge is -2.53. The van der Waals surface area contributed by atoms with Gasteiger partial charge < -0.3 is 9.16 Å². The average Bonchev–Trinajstić information content (AvgIpc) is 2.65. The number of ether oxygens (including phenoxy) is 1. The summed E-state index contributed by atoms with van der Waals surface area (Å²) in [6, 6.07) is 0. The number of hydrogen-bond donors (Lipinski definition) is 0. The van der Waals surface area contributed by atoms with E-state index >= 15 is 0 Å². The lowest BCUT2D eigenvalue weighted by atomic mass is 9.56. The number of carbonyl (C=O) groups is 1. The van der Waals surface area contributed by atoms with Crippen LogP contribution in [0.25, 0.3) is 0 Å². The van der Waals surface area contributed by atoms with Crippen LogP contribution >= 0.6 is 0 Å². The van der Waals surface area contributed by atoms with E-state index in [0.717, 1.165) is 6.42 Å². The fourth-order valence-electron chi connectivity index (χ4n) is 5.13. The predicted molar refractivity (Wildman–Crippen MR) is 129 cm³/mol. The molecule has 4 atom stereocenters. The summed E-state index contributed by atoms with van der Waals surface area (Å²) in [5.41, 5.74) is 1.88. The van der Waals surface area contributed by atoms with Crippen LogP contribution in [0.4, 0.5) is 0 Å². The fraction of sp³-hybridized carbons (Fsp3) is 0.731. The normalized spacial score (nSPS) is 29.0. The van der Waals surface area contributed by atoms with Crippen LogP contribution in [0.1, 0.15) is 73.1 Å². The van der Waals surface area contributed by atoms with Gasteiger partial charge in [0.2, 0.25) is 0 Å². The van der Waals surface area contributed by atoms with Gasteiger partial charge in [0.1, 0.15) is 0 Å². The van der Waals surface area contributed by atoms with Crippen LogP contribution in [-0.2, 0) is 14.0 Å². The highest BCUT2D eigenvalue weighted by atomic mass is 28.4. The first kappa shape index (κ1) is 25.1. The minimum Gasteiger partial charge on any atom is -0.466 e. The van der Waals surface area contributed by atoms with Crippen molar-refractivity contribution in [3.05, 3.63) is 36.0 Å². The third-order valence-corrected chi connectivity index (χ3v) is 12.4. The van der Waals surface area contributed by atoms with Crippen molar-refractivity contribution in [2.75, 3.05) is 7.11 Å². The topological polar surface area (TPSA) is 35.5 Å². The van der Waals surface area contributed by atoms with Crippen molar-refractivity contribution in [3.63, 3.8) is 0 Å². The van der Waals surface area contributed by atoms with Crippen molar-refractivity contribution in [2.24, 2.45) is 17.3 Å². The van der Waals surface area contributed by atoms with Gasteiger partial charge in [-0.3, -0.25) is 0 Å². The van der Waals surface area contributed by atoms with Gasteiger partial charge in [-0.25, -0.2) is 4.79 Å². The Morgan fingerprint density at radius 1 is 1.30 bits per heavy atom. The van der Waals surface area contributed by atoms with Gasteiger partial charge in [-0.1, -0.05) is 70.9 Å². The first-order valence-corrected chi connectivity index (χ1v) is 14.6. The molecule has 0 unspecified atom stereocenters. The first-order valence-electron chi connectivity index (χ1n) is 11.7. The maximum absolute atomic E-state index is 11.2. The van der Waals surface area contributed by atoms with Crippen molar-refractivity contribution < 1.29 is 14.0 Å². The second kappa shape index (κ2) is 9.99. The van der Waals surface area contributed by atoms with Crippen molar-refractivity contribution >= 4 is 14.3 Å². The third kappa shape index (κ3) is 5.76. The van der Waals surface area contributed by atoms with Crippen LogP contribution < -0.4 is 0 Å². The van der Waals surface area contributed by atoms with Crippen LogP contribution in [0.2, 0.25) is 18.1 Å². The van der Waals surface area contributed by atoms with E-state index in [1.54, 1.807) is 11.6 Å². The monoisotopic (exact) mass is 432 g/mol. The largest absolute Gasteiger partial charge is 0.466 e. The summed E-state index contributed by atoms with van der Waals surface area (Å²) in [6.45, 7) is 16.7. The quantitative estimate of drug-likeness (QED) is 0.140. The minimum absolute atomic E-state index is 0.249. The average molecular weight is 433 g/mol. The van der Waals surface area contributed by atoms with E-state index in [1.165, 1.54) is 45.3 Å². The Balaban J connectivity index is 2.11. The molecule has 0 amide bonds. The molecule has 4 heteroatoms. The van der Waals surface area contributed by atoms with Crippen LogP contribution in [-0.4, -0.2) is 27.5 Å². The van der Waals surface area contributed by atoms with Gasteiger partial charge in [0, 0.05) is 12.2 Å². The lowest BCUT2D eigenvalue weighted by Crippen LogP contribution is -2.51. The maximum atomic E-state index is 11.2. The number of carbonyl (C=O) groups excluding carboxylic acids is 1. The van der Waals surface area contributed by atoms with Crippen LogP contribution in [0, 0.1) is 17.3 Å². The maximum Gasteiger partial charge on any atom is 0.330 e. The predicted octanol–water partition coefficient (Wildman–Crippen LogP) is 7.22. The Kier molecular flexibility index (Phi) is 8.37. The number of allylic oxidation sites excluding steroid dienone is 5. The van der Waals surface area contributed by atoms with E-state index in [4.69, 9.17) is 4.43 Å². The van der Waals surface area contributed by atoms with Crippen molar-refractivity contribution in [3.8, 4) is 0 Å². The Morgan fingerprint density at radius 2 is 2.00 bits per heavy atom. The van der Waals surface area contributed by atoms with Gasteiger partial charge in [-0.05, 0) is 67.5 Å². The summed E-state index contributed by atoms with van der Waals surface area (Å²) in [5.74, 6) is 0.825. The highest BCUT2D eigenvalue weighted by Gasteiger charge is 2.49. The molecule has 0 heterocycles. The molecule has 0 aromatic carbocycles. The summed E-state index contributed by atoms with van der Waals surface area (Å²) < 4.78 is 11.6. The molecule has 0 bridgehead atoms. The van der Waals surface area contributed by atoms with Gasteiger partial charge in [-0.15, -0.1) is 0 Å².